The predicted octanol–water partition coefficient (Wildman–Crippen LogP) is 1.35. The minimum atomic E-state index is -3.17. The van der Waals surface area contributed by atoms with E-state index in [0.29, 0.717) is 6.42 Å². The van der Waals surface area contributed by atoms with E-state index in [1.54, 1.807) is 0 Å². The fraction of sp³-hybridized carbons (Fsp3) is 0.409. The van der Waals surface area contributed by atoms with Crippen LogP contribution in [0.15, 0.2) is 23.1 Å². The van der Waals surface area contributed by atoms with Crippen molar-refractivity contribution in [3.05, 3.63) is 39.8 Å². The number of carbonyl (C=O) groups is 3. The van der Waals surface area contributed by atoms with Gasteiger partial charge in [-0.15, -0.1) is 0 Å². The van der Waals surface area contributed by atoms with Gasteiger partial charge in [-0.25, -0.2) is 8.42 Å². The van der Waals surface area contributed by atoms with Crippen molar-refractivity contribution in [1.82, 2.24) is 5.32 Å². The Morgan fingerprint density at radius 1 is 1.22 bits per heavy atom. The predicted molar refractivity (Wildman–Crippen MR) is 113 cm³/mol. The van der Waals surface area contributed by atoms with E-state index >= 15 is 0 Å². The number of rotatable bonds is 3. The average molecular weight is 461 g/mol. The van der Waals surface area contributed by atoms with Crippen LogP contribution < -0.4 is 10.1 Å². The highest BCUT2D eigenvalue weighted by atomic mass is 32.2. The van der Waals surface area contributed by atoms with Crippen molar-refractivity contribution in [2.75, 3.05) is 11.5 Å². The third-order valence-electron chi connectivity index (χ3n) is 6.41. The van der Waals surface area contributed by atoms with Gasteiger partial charge in [0.15, 0.2) is 27.2 Å². The summed E-state index contributed by atoms with van der Waals surface area (Å²) >= 11 is 0. The molecular formula is C22H23NO8S. The molecule has 10 heteroatoms. The molecule has 4 rings (SSSR count). The number of phenolic OH excluding ortho intramolecular Hbond substituents is 2. The molecule has 9 nitrogen and oxygen atoms in total. The normalized spacial score (nSPS) is 27.4. The van der Waals surface area contributed by atoms with Crippen molar-refractivity contribution in [1.29, 1.82) is 0 Å². The van der Waals surface area contributed by atoms with Crippen LogP contribution in [0.5, 0.6) is 17.2 Å². The summed E-state index contributed by atoms with van der Waals surface area (Å²) in [6.07, 6.45) is 1.49. The molecule has 0 radical (unpaired) electrons. The van der Waals surface area contributed by atoms with Gasteiger partial charge < -0.3 is 20.3 Å². The van der Waals surface area contributed by atoms with Gasteiger partial charge in [-0.2, -0.15) is 0 Å². The van der Waals surface area contributed by atoms with E-state index in [1.165, 1.54) is 27.7 Å². The maximum atomic E-state index is 13.7. The maximum absolute atomic E-state index is 13.7. The fourth-order valence-electron chi connectivity index (χ4n) is 4.65. The Kier molecular flexibility index (Phi) is 4.78. The zero-order valence-corrected chi connectivity index (χ0v) is 18.8. The molecule has 3 N–H and O–H groups in total. The molecule has 0 amide bonds. The number of Topliss-reactive ketones (excluding diaryl/α,β-unsaturated/α-hetero) is 2. The lowest BCUT2D eigenvalue weighted by molar-refractivity contribution is -0.123. The van der Waals surface area contributed by atoms with E-state index in [9.17, 15) is 33.0 Å². The second-order valence-corrected chi connectivity index (χ2v) is 10.9. The van der Waals surface area contributed by atoms with Crippen molar-refractivity contribution in [2.45, 2.75) is 45.6 Å². The van der Waals surface area contributed by atoms with Gasteiger partial charge in [0.2, 0.25) is 0 Å². The molecule has 32 heavy (non-hydrogen) atoms. The number of nitrogens with one attached hydrogen (secondary N) is 1. The van der Waals surface area contributed by atoms with E-state index in [1.807, 2.05) is 0 Å². The van der Waals surface area contributed by atoms with Crippen LogP contribution in [-0.2, 0) is 24.8 Å². The van der Waals surface area contributed by atoms with Crippen LogP contribution in [0.25, 0.3) is 0 Å². The van der Waals surface area contributed by atoms with Crippen LogP contribution in [0, 0.1) is 6.92 Å². The Bertz CT molecular complexity index is 1290. The molecular weight excluding hydrogens is 438 g/mol. The number of sulfone groups is 1. The third-order valence-corrected chi connectivity index (χ3v) is 8.18. The lowest BCUT2D eigenvalue weighted by atomic mass is 9.70. The van der Waals surface area contributed by atoms with Gasteiger partial charge in [0.1, 0.15) is 34.0 Å². The van der Waals surface area contributed by atoms with Gasteiger partial charge in [0.05, 0.1) is 22.6 Å². The number of benzene rings is 1. The van der Waals surface area contributed by atoms with E-state index in [4.69, 9.17) is 4.74 Å². The Balaban J connectivity index is 1.87. The lowest BCUT2D eigenvalue weighted by Crippen LogP contribution is -2.42. The Labute approximate surface area is 184 Å². The monoisotopic (exact) mass is 461 g/mol. The zero-order chi connectivity index (χ0) is 23.7. The van der Waals surface area contributed by atoms with Crippen molar-refractivity contribution >= 4 is 27.2 Å². The topological polar surface area (TPSA) is 147 Å². The molecule has 0 spiro atoms. The summed E-state index contributed by atoms with van der Waals surface area (Å²) in [6, 6.07) is -0.421. The third kappa shape index (κ3) is 2.96. The first-order chi connectivity index (χ1) is 14.8. The number of ketones is 3. The van der Waals surface area contributed by atoms with Gasteiger partial charge in [-0.05, 0) is 34.1 Å². The lowest BCUT2D eigenvalue weighted by Gasteiger charge is -2.29. The number of phenols is 2. The van der Waals surface area contributed by atoms with Gasteiger partial charge >= 0.3 is 0 Å². The van der Waals surface area contributed by atoms with E-state index in [-0.39, 0.29) is 51.0 Å². The highest BCUT2D eigenvalue weighted by Gasteiger charge is 2.56. The summed E-state index contributed by atoms with van der Waals surface area (Å²) in [4.78, 5) is 38.7. The minimum Gasteiger partial charge on any atom is -0.507 e. The first-order valence-electron chi connectivity index (χ1n) is 10.1. The first-order valence-corrected chi connectivity index (χ1v) is 11.9. The summed E-state index contributed by atoms with van der Waals surface area (Å²) in [7, 11) is -3.17. The molecule has 0 bridgehead atoms. The molecule has 170 valence electrons. The molecule has 1 aromatic carbocycles. The Morgan fingerprint density at radius 2 is 1.88 bits per heavy atom. The first kappa shape index (κ1) is 22.1. The van der Waals surface area contributed by atoms with E-state index in [2.05, 4.69) is 5.32 Å². The maximum Gasteiger partial charge on any atom is 0.194 e. The molecule has 1 saturated heterocycles. The molecule has 3 aliphatic rings. The second kappa shape index (κ2) is 6.93. The second-order valence-electron chi connectivity index (χ2n) is 8.63. The standard InChI is InChI=1S/C22H23NO8S/c1-9-18(26)16(11(3)24)20-17(19(9)27)22(4)14(31-20)7-13(25)15(21(22)28)10(2)23-12-5-6-32(29,30)8-12/h7,12,23,26-27H,5-6,8H2,1-4H3/b15-10+/t12?,22-/m0/s1. The van der Waals surface area contributed by atoms with Gasteiger partial charge in [-0.3, -0.25) is 14.4 Å². The number of ether oxygens (including phenoxy) is 1. The van der Waals surface area contributed by atoms with Gasteiger partial charge in [0, 0.05) is 23.4 Å². The number of hydrogen-bond donors (Lipinski definition) is 3. The zero-order valence-electron chi connectivity index (χ0n) is 18.0. The summed E-state index contributed by atoms with van der Waals surface area (Å²) in [5.74, 6) is -2.93. The molecule has 2 aliphatic heterocycles. The molecule has 2 atom stereocenters. The summed E-state index contributed by atoms with van der Waals surface area (Å²) in [6.45, 7) is 5.63. The molecule has 1 aliphatic carbocycles. The van der Waals surface area contributed by atoms with Crippen molar-refractivity contribution < 1.29 is 37.8 Å². The summed E-state index contributed by atoms with van der Waals surface area (Å²) < 4.78 is 29.2. The van der Waals surface area contributed by atoms with Crippen molar-refractivity contribution in [3.63, 3.8) is 0 Å². The van der Waals surface area contributed by atoms with Crippen molar-refractivity contribution in [3.8, 4) is 17.2 Å². The summed E-state index contributed by atoms with van der Waals surface area (Å²) in [5, 5.41) is 24.2. The molecule has 1 aromatic rings. The van der Waals surface area contributed by atoms with Crippen LogP contribution in [-0.4, -0.2) is 53.5 Å². The average Bonchev–Trinajstić information content (AvgIpc) is 3.16. The number of fused-ring (bicyclic) bond motifs is 3. The number of allylic oxidation sites excluding steroid dienone is 4. The van der Waals surface area contributed by atoms with Crippen LogP contribution >= 0.6 is 0 Å². The number of carbonyl (C=O) groups excluding carboxylic acids is 3. The quantitative estimate of drug-likeness (QED) is 0.345. The molecule has 0 aromatic heterocycles. The van der Waals surface area contributed by atoms with Crippen LogP contribution in [0.1, 0.15) is 48.7 Å². The van der Waals surface area contributed by atoms with E-state index in [0.717, 1.165) is 6.08 Å². The number of aromatic hydroxyl groups is 2. The SMILES string of the molecule is CC(=O)c1c(O)c(C)c(O)c2c1OC1=CC(=O)/C(=C(/C)NC3CCS(=O)(=O)C3)C(=O)[C@@]12C. The van der Waals surface area contributed by atoms with E-state index < -0.39 is 50.1 Å². The largest absolute Gasteiger partial charge is 0.507 e. The highest BCUT2D eigenvalue weighted by Crippen LogP contribution is 2.57. The molecule has 1 unspecified atom stereocenters. The summed E-state index contributed by atoms with van der Waals surface area (Å²) in [5.41, 5.74) is -1.70. The van der Waals surface area contributed by atoms with Crippen LogP contribution in [0.2, 0.25) is 0 Å². The van der Waals surface area contributed by atoms with Gasteiger partial charge in [-0.1, -0.05) is 0 Å². The fourth-order valence-corrected chi connectivity index (χ4v) is 6.32. The van der Waals surface area contributed by atoms with Crippen molar-refractivity contribution in [2.24, 2.45) is 0 Å². The molecule has 1 fully saturated rings. The molecule has 2 heterocycles. The molecule has 0 saturated carbocycles. The Hall–Kier alpha value is -3.14. The Morgan fingerprint density at radius 3 is 2.44 bits per heavy atom. The number of hydrogen-bond acceptors (Lipinski definition) is 9. The van der Waals surface area contributed by atoms with Gasteiger partial charge in [0.25, 0.3) is 0 Å². The smallest absolute Gasteiger partial charge is 0.194 e. The highest BCUT2D eigenvalue weighted by molar-refractivity contribution is 7.91. The van der Waals surface area contributed by atoms with Crippen LogP contribution in [0.3, 0.4) is 0 Å². The van der Waals surface area contributed by atoms with Crippen LogP contribution in [0.4, 0.5) is 0 Å². The minimum absolute atomic E-state index is 0.00972.